The number of nitrogens with one attached hydrogen (secondary N) is 1. The predicted molar refractivity (Wildman–Crippen MR) is 61.3 cm³/mol. The summed E-state index contributed by atoms with van der Waals surface area (Å²) in [6, 6.07) is 5.10. The zero-order valence-corrected chi connectivity index (χ0v) is 9.02. The molecule has 3 nitrogen and oxygen atoms in total. The van der Waals surface area contributed by atoms with Crippen molar-refractivity contribution in [1.82, 2.24) is 10.3 Å². The highest BCUT2D eigenvalue weighted by molar-refractivity contribution is 5.09. The average Bonchev–Trinajstić information content (AvgIpc) is 2.28. The van der Waals surface area contributed by atoms with E-state index in [1.807, 2.05) is 12.4 Å². The molecule has 0 aromatic carbocycles. The fraction of sp³-hybridized carbons (Fsp3) is 0.583. The molecule has 15 heavy (non-hydrogen) atoms. The molecule has 1 aromatic rings. The summed E-state index contributed by atoms with van der Waals surface area (Å²) in [5.74, 6) is 0. The lowest BCUT2D eigenvalue weighted by molar-refractivity contribution is 0.338. The van der Waals surface area contributed by atoms with E-state index >= 15 is 0 Å². The number of nitrogens with zero attached hydrogens (tertiary/aromatic N) is 1. The molecule has 1 aromatic heterocycles. The highest BCUT2D eigenvalue weighted by Crippen LogP contribution is 2.17. The molecule has 3 N–H and O–H groups in total. The van der Waals surface area contributed by atoms with Gasteiger partial charge < -0.3 is 11.1 Å². The number of nitrogens with two attached hydrogens (primary N) is 1. The van der Waals surface area contributed by atoms with Crippen LogP contribution in [-0.2, 0) is 6.54 Å². The second kappa shape index (κ2) is 5.24. The van der Waals surface area contributed by atoms with Crippen LogP contribution < -0.4 is 11.1 Å². The van der Waals surface area contributed by atoms with Crippen LogP contribution in [0.4, 0.5) is 0 Å². The summed E-state index contributed by atoms with van der Waals surface area (Å²) < 4.78 is 0. The van der Waals surface area contributed by atoms with Gasteiger partial charge in [0.2, 0.25) is 0 Å². The van der Waals surface area contributed by atoms with Crippen LogP contribution in [0.25, 0.3) is 0 Å². The number of pyridine rings is 1. The third-order valence-electron chi connectivity index (χ3n) is 3.06. The van der Waals surface area contributed by atoms with Crippen LogP contribution in [0.1, 0.15) is 31.2 Å². The zero-order valence-electron chi connectivity index (χ0n) is 9.02. The van der Waals surface area contributed by atoms with Crippen molar-refractivity contribution in [1.29, 1.82) is 0 Å². The van der Waals surface area contributed by atoms with E-state index in [1.54, 1.807) is 0 Å². The van der Waals surface area contributed by atoms with Crippen molar-refractivity contribution in [3.05, 3.63) is 30.1 Å². The molecule has 1 aliphatic rings. The molecule has 0 radical (unpaired) electrons. The third-order valence-corrected chi connectivity index (χ3v) is 3.06. The van der Waals surface area contributed by atoms with Gasteiger partial charge in [0, 0.05) is 31.0 Å². The van der Waals surface area contributed by atoms with E-state index in [0.717, 1.165) is 13.0 Å². The van der Waals surface area contributed by atoms with Gasteiger partial charge in [-0.15, -0.1) is 0 Å². The molecule has 0 aliphatic heterocycles. The van der Waals surface area contributed by atoms with E-state index in [-0.39, 0.29) is 0 Å². The Labute approximate surface area is 91.1 Å². The molecular formula is C12H19N3. The molecular weight excluding hydrogens is 186 g/mol. The standard InChI is InChI=1S/C12H19N3/c13-11-2-1-3-12(8-11)15-9-10-4-6-14-7-5-10/h4-7,11-12,15H,1-3,8-9,13H2. The summed E-state index contributed by atoms with van der Waals surface area (Å²) in [4.78, 5) is 4.00. The SMILES string of the molecule is NC1CCCC(NCc2ccncc2)C1. The van der Waals surface area contributed by atoms with Crippen molar-refractivity contribution in [2.45, 2.75) is 44.3 Å². The number of rotatable bonds is 3. The van der Waals surface area contributed by atoms with Crippen LogP contribution in [0, 0.1) is 0 Å². The smallest absolute Gasteiger partial charge is 0.0271 e. The van der Waals surface area contributed by atoms with Crippen LogP contribution in [-0.4, -0.2) is 17.1 Å². The summed E-state index contributed by atoms with van der Waals surface area (Å²) in [7, 11) is 0. The monoisotopic (exact) mass is 205 g/mol. The van der Waals surface area contributed by atoms with Gasteiger partial charge in [-0.25, -0.2) is 0 Å². The van der Waals surface area contributed by atoms with Crippen LogP contribution >= 0.6 is 0 Å². The molecule has 82 valence electrons. The Morgan fingerprint density at radius 2 is 2.13 bits per heavy atom. The van der Waals surface area contributed by atoms with Crippen molar-refractivity contribution in [3.63, 3.8) is 0 Å². The molecule has 2 atom stereocenters. The summed E-state index contributed by atoms with van der Waals surface area (Å²) in [6.45, 7) is 0.930. The number of aromatic nitrogens is 1. The molecule has 2 unspecified atom stereocenters. The minimum Gasteiger partial charge on any atom is -0.328 e. The first-order valence-electron chi connectivity index (χ1n) is 5.72. The van der Waals surface area contributed by atoms with Crippen molar-refractivity contribution < 1.29 is 0 Å². The fourth-order valence-electron chi connectivity index (χ4n) is 2.18. The Bertz CT molecular complexity index is 286. The van der Waals surface area contributed by atoms with E-state index in [9.17, 15) is 0 Å². The molecule has 3 heteroatoms. The van der Waals surface area contributed by atoms with Gasteiger partial charge in [0.05, 0.1) is 0 Å². The lowest BCUT2D eigenvalue weighted by Crippen LogP contribution is -2.39. The first-order valence-corrected chi connectivity index (χ1v) is 5.72. The minimum absolute atomic E-state index is 0.397. The van der Waals surface area contributed by atoms with Crippen LogP contribution in [0.15, 0.2) is 24.5 Å². The molecule has 1 saturated carbocycles. The maximum Gasteiger partial charge on any atom is 0.0271 e. The maximum atomic E-state index is 5.94. The summed E-state index contributed by atoms with van der Waals surface area (Å²) in [6.07, 6.45) is 8.50. The zero-order chi connectivity index (χ0) is 10.5. The second-order valence-corrected chi connectivity index (χ2v) is 4.36. The molecule has 1 fully saturated rings. The summed E-state index contributed by atoms with van der Waals surface area (Å²) in [5.41, 5.74) is 7.24. The molecule has 0 amide bonds. The highest BCUT2D eigenvalue weighted by atomic mass is 14.9. The Hall–Kier alpha value is -0.930. The number of hydrogen-bond acceptors (Lipinski definition) is 3. The maximum absolute atomic E-state index is 5.94. The van der Waals surface area contributed by atoms with Gasteiger partial charge in [0.25, 0.3) is 0 Å². The van der Waals surface area contributed by atoms with Crippen LogP contribution in [0.5, 0.6) is 0 Å². The van der Waals surface area contributed by atoms with Gasteiger partial charge in [0.1, 0.15) is 0 Å². The Morgan fingerprint density at radius 1 is 1.33 bits per heavy atom. The molecule has 0 saturated heterocycles. The first kappa shape index (κ1) is 10.6. The molecule has 1 heterocycles. The third kappa shape index (κ3) is 3.29. The van der Waals surface area contributed by atoms with Gasteiger partial charge >= 0.3 is 0 Å². The van der Waals surface area contributed by atoms with Gasteiger partial charge in [-0.2, -0.15) is 0 Å². The van der Waals surface area contributed by atoms with E-state index in [2.05, 4.69) is 22.4 Å². The van der Waals surface area contributed by atoms with Gasteiger partial charge in [0.15, 0.2) is 0 Å². The van der Waals surface area contributed by atoms with Crippen molar-refractivity contribution in [2.24, 2.45) is 5.73 Å². The topological polar surface area (TPSA) is 50.9 Å². The molecule has 0 bridgehead atoms. The Kier molecular flexibility index (Phi) is 3.69. The normalized spacial score (nSPS) is 26.5. The lowest BCUT2D eigenvalue weighted by Gasteiger charge is -2.27. The average molecular weight is 205 g/mol. The second-order valence-electron chi connectivity index (χ2n) is 4.36. The predicted octanol–water partition coefficient (Wildman–Crippen LogP) is 1.44. The quantitative estimate of drug-likeness (QED) is 0.785. The lowest BCUT2D eigenvalue weighted by atomic mass is 9.91. The first-order chi connectivity index (χ1) is 7.34. The fourth-order valence-corrected chi connectivity index (χ4v) is 2.18. The highest BCUT2D eigenvalue weighted by Gasteiger charge is 2.18. The van der Waals surface area contributed by atoms with E-state index in [1.165, 1.54) is 24.8 Å². The largest absolute Gasteiger partial charge is 0.328 e. The van der Waals surface area contributed by atoms with Gasteiger partial charge in [-0.05, 0) is 37.0 Å². The minimum atomic E-state index is 0.397. The molecule has 0 spiro atoms. The van der Waals surface area contributed by atoms with Crippen molar-refractivity contribution in [3.8, 4) is 0 Å². The summed E-state index contributed by atoms with van der Waals surface area (Å²) in [5, 5.41) is 3.56. The van der Waals surface area contributed by atoms with Gasteiger partial charge in [-0.3, -0.25) is 4.98 Å². The van der Waals surface area contributed by atoms with Crippen LogP contribution in [0.3, 0.4) is 0 Å². The Morgan fingerprint density at radius 3 is 2.87 bits per heavy atom. The van der Waals surface area contributed by atoms with Crippen molar-refractivity contribution in [2.75, 3.05) is 0 Å². The number of hydrogen-bond donors (Lipinski definition) is 2. The van der Waals surface area contributed by atoms with E-state index in [0.29, 0.717) is 12.1 Å². The van der Waals surface area contributed by atoms with Gasteiger partial charge in [-0.1, -0.05) is 6.42 Å². The van der Waals surface area contributed by atoms with Crippen LogP contribution in [0.2, 0.25) is 0 Å². The summed E-state index contributed by atoms with van der Waals surface area (Å²) >= 11 is 0. The van der Waals surface area contributed by atoms with E-state index in [4.69, 9.17) is 5.73 Å². The van der Waals surface area contributed by atoms with Crippen molar-refractivity contribution >= 4 is 0 Å². The van der Waals surface area contributed by atoms with E-state index < -0.39 is 0 Å². The molecule has 1 aliphatic carbocycles. The Balaban J connectivity index is 1.78. The molecule has 2 rings (SSSR count).